The van der Waals surface area contributed by atoms with Gasteiger partial charge in [-0.25, -0.2) is 14.4 Å². The van der Waals surface area contributed by atoms with Gasteiger partial charge >= 0.3 is 37.4 Å². The first kappa shape index (κ1) is 27.1. The zero-order valence-electron chi connectivity index (χ0n) is 16.0. The van der Waals surface area contributed by atoms with Crippen molar-refractivity contribution in [3.05, 3.63) is 89.5 Å². The third-order valence-electron chi connectivity index (χ3n) is 3.37. The van der Waals surface area contributed by atoms with Crippen LogP contribution in [0.3, 0.4) is 0 Å². The molecule has 156 valence electrons. The van der Waals surface area contributed by atoms with Gasteiger partial charge in [0.1, 0.15) is 11.3 Å². The van der Waals surface area contributed by atoms with Gasteiger partial charge in [-0.3, -0.25) is 0 Å². The summed E-state index contributed by atoms with van der Waals surface area (Å²) in [4.78, 5) is 30.7. The number of hydrogen-bond acceptors (Lipinski definition) is 6. The molecule has 0 spiro atoms. The van der Waals surface area contributed by atoms with Crippen LogP contribution >= 0.6 is 0 Å². The maximum Gasteiger partial charge on any atom is 2.00 e. The Balaban J connectivity index is 0.000000429. The van der Waals surface area contributed by atoms with Crippen LogP contribution in [0.15, 0.2) is 72.8 Å². The third-order valence-corrected chi connectivity index (χ3v) is 3.37. The van der Waals surface area contributed by atoms with Gasteiger partial charge in [0.2, 0.25) is 0 Å². The Bertz CT molecular complexity index is 903. The van der Waals surface area contributed by atoms with Gasteiger partial charge in [0.15, 0.2) is 0 Å². The molecule has 0 amide bonds. The Morgan fingerprint density at radius 1 is 0.548 bits per heavy atom. The molecule has 0 atom stereocenters. The second-order valence-corrected chi connectivity index (χ2v) is 5.42. The molecule has 0 heterocycles. The average Bonchev–Trinajstić information content (AvgIpc) is 2.69. The Labute approximate surface area is 189 Å². The molecule has 0 aromatic heterocycles. The first-order chi connectivity index (χ1) is 14.1. The summed E-state index contributed by atoms with van der Waals surface area (Å²) in [6.45, 7) is 0. The molecule has 0 unspecified atom stereocenters. The maximum atomic E-state index is 10.7. The first-order valence-electron chi connectivity index (χ1n) is 8.15. The van der Waals surface area contributed by atoms with Crippen LogP contribution in [0.4, 0.5) is 0 Å². The van der Waals surface area contributed by atoms with E-state index in [4.69, 9.17) is 20.4 Å². The van der Waals surface area contributed by atoms with E-state index in [0.717, 1.165) is 0 Å². The standard InChI is InChI=1S/3C7H6O3.Zn/c3*8-6-4-2-1-3-5(6)7(9)10;/h3*1-4,8H,(H,9,10);/q;;;+2/p-2. The Hall–Kier alpha value is -3.91. The van der Waals surface area contributed by atoms with Crippen LogP contribution in [0.2, 0.25) is 0 Å². The molecule has 0 saturated carbocycles. The van der Waals surface area contributed by atoms with Gasteiger partial charge < -0.3 is 30.6 Å². The van der Waals surface area contributed by atoms with Gasteiger partial charge in [-0.2, -0.15) is 0 Å². The van der Waals surface area contributed by atoms with Crippen LogP contribution < -0.4 is 10.2 Å². The minimum atomic E-state index is -1.18. The molecule has 0 aliphatic carbocycles. The monoisotopic (exact) mass is 476 g/mol. The summed E-state index contributed by atoms with van der Waals surface area (Å²) in [5.74, 6) is -4.56. The van der Waals surface area contributed by atoms with E-state index >= 15 is 0 Å². The fourth-order valence-corrected chi connectivity index (χ4v) is 1.94. The molecule has 4 N–H and O–H groups in total. The SMILES string of the molecule is O=C(O)c1ccccc1O.O=C(O)c1ccccc1[O-].O=C(O)c1ccccc1[O-].[Zn+2]. The average molecular weight is 478 g/mol. The number of rotatable bonds is 3. The number of benzene rings is 3. The number of phenols is 1. The number of carboxylic acids is 3. The summed E-state index contributed by atoms with van der Waals surface area (Å²) >= 11 is 0. The summed E-state index contributed by atoms with van der Waals surface area (Å²) in [5.41, 5.74) is -0.424. The smallest absolute Gasteiger partial charge is 0.872 e. The normalized spacial score (nSPS) is 8.90. The molecular weight excluding hydrogens is 462 g/mol. The second-order valence-electron chi connectivity index (χ2n) is 5.42. The molecule has 3 aromatic carbocycles. The summed E-state index contributed by atoms with van der Waals surface area (Å²) in [6.07, 6.45) is 0. The van der Waals surface area contributed by atoms with Gasteiger partial charge in [-0.05, 0) is 24.3 Å². The molecule has 0 aliphatic rings. The van der Waals surface area contributed by atoms with Crippen LogP contribution in [0.5, 0.6) is 17.2 Å². The number of aromatic hydroxyl groups is 1. The molecule has 0 saturated heterocycles. The van der Waals surface area contributed by atoms with Crippen molar-refractivity contribution in [2.75, 3.05) is 0 Å². The number of carbonyl (C=O) groups is 3. The molecule has 3 aromatic rings. The Kier molecular flexibility index (Phi) is 11.7. The molecule has 0 fully saturated rings. The quantitative estimate of drug-likeness (QED) is 0.410. The van der Waals surface area contributed by atoms with E-state index in [1.807, 2.05) is 0 Å². The number of para-hydroxylation sites is 3. The fraction of sp³-hybridized carbons (Fsp3) is 0. The van der Waals surface area contributed by atoms with Gasteiger partial charge in [0.05, 0.1) is 11.1 Å². The van der Waals surface area contributed by atoms with Crippen molar-refractivity contribution in [3.63, 3.8) is 0 Å². The minimum Gasteiger partial charge on any atom is -0.872 e. The van der Waals surface area contributed by atoms with Crippen molar-refractivity contribution in [1.29, 1.82) is 0 Å². The van der Waals surface area contributed by atoms with Crippen molar-refractivity contribution in [1.82, 2.24) is 0 Å². The second kappa shape index (κ2) is 13.3. The van der Waals surface area contributed by atoms with Crippen molar-refractivity contribution in [2.24, 2.45) is 0 Å². The van der Waals surface area contributed by atoms with Gasteiger partial charge in [-0.15, -0.1) is 0 Å². The largest absolute Gasteiger partial charge is 2.00 e. The van der Waals surface area contributed by atoms with Crippen LogP contribution in [0, 0.1) is 0 Å². The van der Waals surface area contributed by atoms with Gasteiger partial charge in [0.25, 0.3) is 0 Å². The molecule has 0 bridgehead atoms. The summed E-state index contributed by atoms with van der Waals surface area (Å²) in [7, 11) is 0. The zero-order chi connectivity index (χ0) is 22.7. The maximum absolute atomic E-state index is 10.7. The van der Waals surface area contributed by atoms with Crippen LogP contribution in [0.1, 0.15) is 31.1 Å². The van der Waals surface area contributed by atoms with Crippen LogP contribution in [-0.2, 0) is 19.5 Å². The van der Waals surface area contributed by atoms with E-state index in [1.165, 1.54) is 60.7 Å². The topological polar surface area (TPSA) is 178 Å². The van der Waals surface area contributed by atoms with Crippen LogP contribution in [-0.4, -0.2) is 38.3 Å². The van der Waals surface area contributed by atoms with Crippen molar-refractivity contribution in [3.8, 4) is 17.2 Å². The summed E-state index contributed by atoms with van der Waals surface area (Å²) in [5, 5.41) is 55.4. The predicted molar refractivity (Wildman–Crippen MR) is 101 cm³/mol. The van der Waals surface area contributed by atoms with Gasteiger partial charge in [0, 0.05) is 0 Å². The van der Waals surface area contributed by atoms with E-state index in [2.05, 4.69) is 0 Å². The minimum absolute atomic E-state index is 0. The van der Waals surface area contributed by atoms with E-state index in [-0.39, 0.29) is 41.9 Å². The Morgan fingerprint density at radius 2 is 0.839 bits per heavy atom. The molecule has 0 radical (unpaired) electrons. The van der Waals surface area contributed by atoms with E-state index in [9.17, 15) is 24.6 Å². The number of aromatic carboxylic acids is 3. The fourth-order valence-electron chi connectivity index (χ4n) is 1.94. The first-order valence-corrected chi connectivity index (χ1v) is 8.15. The molecular formula is C21H16O9Zn. The zero-order valence-corrected chi connectivity index (χ0v) is 18.9. The Morgan fingerprint density at radius 3 is 1.06 bits per heavy atom. The molecule has 0 aliphatic heterocycles. The van der Waals surface area contributed by atoms with Gasteiger partial charge in [-0.1, -0.05) is 60.0 Å². The van der Waals surface area contributed by atoms with Crippen molar-refractivity contribution >= 4 is 17.9 Å². The number of hydrogen-bond donors (Lipinski definition) is 4. The summed E-state index contributed by atoms with van der Waals surface area (Å²) in [6, 6.07) is 16.9. The summed E-state index contributed by atoms with van der Waals surface area (Å²) < 4.78 is 0. The number of carboxylic acid groups (broad SMARTS) is 3. The van der Waals surface area contributed by atoms with Crippen molar-refractivity contribution in [2.45, 2.75) is 0 Å². The van der Waals surface area contributed by atoms with Crippen molar-refractivity contribution < 1.29 is 64.5 Å². The molecule has 3 rings (SSSR count). The predicted octanol–water partition coefficient (Wildman–Crippen LogP) is 2.00. The molecule has 9 nitrogen and oxygen atoms in total. The van der Waals surface area contributed by atoms with E-state index < -0.39 is 29.4 Å². The third kappa shape index (κ3) is 8.97. The molecule has 10 heteroatoms. The molecule has 31 heavy (non-hydrogen) atoms. The van der Waals surface area contributed by atoms with Crippen LogP contribution in [0.25, 0.3) is 0 Å². The van der Waals surface area contributed by atoms with E-state index in [1.54, 1.807) is 12.1 Å². The van der Waals surface area contributed by atoms with E-state index in [0.29, 0.717) is 0 Å².